The first-order valence-corrected chi connectivity index (χ1v) is 6.27. The van der Waals surface area contributed by atoms with Crippen LogP contribution in [0, 0.1) is 0 Å². The second-order valence-corrected chi connectivity index (χ2v) is 5.33. The molecule has 2 heterocycles. The average molecular weight is 235 g/mol. The third-order valence-corrected chi connectivity index (χ3v) is 3.69. The molecule has 1 aliphatic rings. The fourth-order valence-electron chi connectivity index (χ4n) is 2.39. The molecule has 1 aromatic heterocycles. The van der Waals surface area contributed by atoms with E-state index in [0.29, 0.717) is 6.42 Å². The maximum atomic E-state index is 12.3. The molecule has 1 saturated heterocycles. The Bertz CT molecular complexity index is 403. The van der Waals surface area contributed by atoms with Crippen LogP contribution in [0.4, 0.5) is 0 Å². The van der Waals surface area contributed by atoms with Crippen molar-refractivity contribution in [1.29, 1.82) is 0 Å². The van der Waals surface area contributed by atoms with E-state index >= 15 is 0 Å². The number of carbonyl (C=O) groups is 1. The minimum atomic E-state index is -0.353. The smallest absolute Gasteiger partial charge is 0.158 e. The van der Waals surface area contributed by atoms with Crippen LogP contribution in [0.15, 0.2) is 12.3 Å². The molecule has 17 heavy (non-hydrogen) atoms. The summed E-state index contributed by atoms with van der Waals surface area (Å²) in [5.74, 6) is 0.262. The Kier molecular flexibility index (Phi) is 3.33. The van der Waals surface area contributed by atoms with Gasteiger partial charge in [0.1, 0.15) is 0 Å². The van der Waals surface area contributed by atoms with Crippen LogP contribution in [0.25, 0.3) is 0 Å². The van der Waals surface area contributed by atoms with Gasteiger partial charge in [-0.3, -0.25) is 14.4 Å². The lowest BCUT2D eigenvalue weighted by Gasteiger charge is -2.33. The molecule has 4 heteroatoms. The lowest BCUT2D eigenvalue weighted by atomic mass is 9.94. The van der Waals surface area contributed by atoms with Crippen molar-refractivity contribution < 1.29 is 4.79 Å². The summed E-state index contributed by atoms with van der Waals surface area (Å²) < 4.78 is 1.74. The minimum Gasteiger partial charge on any atom is -0.297 e. The highest BCUT2D eigenvalue weighted by Gasteiger charge is 2.35. The molecular weight excluding hydrogens is 214 g/mol. The zero-order valence-electron chi connectivity index (χ0n) is 10.9. The van der Waals surface area contributed by atoms with E-state index in [9.17, 15) is 4.79 Å². The summed E-state index contributed by atoms with van der Waals surface area (Å²) in [6, 6.07) is 1.91. The molecule has 0 amide bonds. The zero-order valence-corrected chi connectivity index (χ0v) is 10.9. The first-order valence-electron chi connectivity index (χ1n) is 6.27. The number of likely N-dealkylation sites (tertiary alicyclic amines) is 1. The molecular formula is C13H21N3O. The summed E-state index contributed by atoms with van der Waals surface area (Å²) >= 11 is 0. The van der Waals surface area contributed by atoms with Crippen LogP contribution in [0.3, 0.4) is 0 Å². The average Bonchev–Trinajstić information content (AvgIpc) is 2.89. The van der Waals surface area contributed by atoms with Gasteiger partial charge in [-0.2, -0.15) is 5.10 Å². The van der Waals surface area contributed by atoms with E-state index < -0.39 is 0 Å². The van der Waals surface area contributed by atoms with Crippen LogP contribution >= 0.6 is 0 Å². The van der Waals surface area contributed by atoms with Crippen LogP contribution in [0.5, 0.6) is 0 Å². The van der Waals surface area contributed by atoms with Gasteiger partial charge in [-0.15, -0.1) is 0 Å². The molecule has 1 fully saturated rings. The van der Waals surface area contributed by atoms with Gasteiger partial charge in [0.25, 0.3) is 0 Å². The molecule has 0 saturated carbocycles. The number of Topliss-reactive ketones (excluding diaryl/α,β-unsaturated/α-hetero) is 1. The third kappa shape index (κ3) is 2.57. The van der Waals surface area contributed by atoms with Crippen molar-refractivity contribution in [2.24, 2.45) is 7.05 Å². The van der Waals surface area contributed by atoms with Crippen molar-refractivity contribution in [3.63, 3.8) is 0 Å². The maximum absolute atomic E-state index is 12.3. The van der Waals surface area contributed by atoms with Crippen molar-refractivity contribution in [3.05, 3.63) is 18.0 Å². The van der Waals surface area contributed by atoms with E-state index in [1.54, 1.807) is 4.68 Å². The van der Waals surface area contributed by atoms with Gasteiger partial charge in [-0.25, -0.2) is 0 Å². The van der Waals surface area contributed by atoms with Gasteiger partial charge in [-0.1, -0.05) is 0 Å². The van der Waals surface area contributed by atoms with Gasteiger partial charge in [0.2, 0.25) is 0 Å². The van der Waals surface area contributed by atoms with Crippen molar-refractivity contribution in [3.8, 4) is 0 Å². The lowest BCUT2D eigenvalue weighted by molar-refractivity contribution is -0.128. The molecule has 0 N–H and O–H groups in total. The Morgan fingerprint density at radius 1 is 1.41 bits per heavy atom. The van der Waals surface area contributed by atoms with Gasteiger partial charge >= 0.3 is 0 Å². The molecule has 0 aromatic carbocycles. The maximum Gasteiger partial charge on any atom is 0.158 e. The lowest BCUT2D eigenvalue weighted by Crippen LogP contribution is -2.49. The summed E-state index contributed by atoms with van der Waals surface area (Å²) in [5, 5.41) is 4.27. The standard InChI is InChI=1S/C13H21N3O/c1-13(2,16-7-4-5-8-16)12(17)10-11-6-9-15(3)14-11/h6,9H,4-5,7-8,10H2,1-3H3. The molecule has 0 atom stereocenters. The number of rotatable bonds is 4. The van der Waals surface area contributed by atoms with E-state index in [2.05, 4.69) is 10.00 Å². The number of carbonyl (C=O) groups excluding carboxylic acids is 1. The number of aryl methyl sites for hydroxylation is 1. The first kappa shape index (κ1) is 12.3. The SMILES string of the molecule is Cn1ccc(CC(=O)C(C)(C)N2CCCC2)n1. The van der Waals surface area contributed by atoms with Crippen LogP contribution in [0.1, 0.15) is 32.4 Å². The number of hydrogen-bond donors (Lipinski definition) is 0. The molecule has 94 valence electrons. The molecule has 0 bridgehead atoms. The fourth-order valence-corrected chi connectivity index (χ4v) is 2.39. The zero-order chi connectivity index (χ0) is 12.5. The molecule has 0 spiro atoms. The Morgan fingerprint density at radius 2 is 2.06 bits per heavy atom. The van der Waals surface area contributed by atoms with E-state index in [1.165, 1.54) is 12.8 Å². The summed E-state index contributed by atoms with van der Waals surface area (Å²) in [6.07, 6.45) is 4.73. The number of ketones is 1. The highest BCUT2D eigenvalue weighted by Crippen LogP contribution is 2.23. The van der Waals surface area contributed by atoms with Crippen molar-refractivity contribution in [2.45, 2.75) is 38.6 Å². The van der Waals surface area contributed by atoms with Crippen molar-refractivity contribution in [1.82, 2.24) is 14.7 Å². The Balaban J connectivity index is 2.03. The van der Waals surface area contributed by atoms with Crippen LogP contribution in [0.2, 0.25) is 0 Å². The molecule has 0 unspecified atom stereocenters. The molecule has 1 aromatic rings. The molecule has 2 rings (SSSR count). The predicted molar refractivity (Wildman–Crippen MR) is 66.8 cm³/mol. The van der Waals surface area contributed by atoms with Crippen LogP contribution in [-0.2, 0) is 18.3 Å². The van der Waals surface area contributed by atoms with E-state index in [0.717, 1.165) is 18.8 Å². The Labute approximate surface area is 103 Å². The number of aromatic nitrogens is 2. The summed E-state index contributed by atoms with van der Waals surface area (Å²) in [6.45, 7) is 6.15. The third-order valence-electron chi connectivity index (χ3n) is 3.69. The Morgan fingerprint density at radius 3 is 2.59 bits per heavy atom. The van der Waals surface area contributed by atoms with Gasteiger partial charge in [0.15, 0.2) is 5.78 Å². The highest BCUT2D eigenvalue weighted by atomic mass is 16.1. The summed E-state index contributed by atoms with van der Waals surface area (Å²) in [5.41, 5.74) is 0.512. The summed E-state index contributed by atoms with van der Waals surface area (Å²) in [7, 11) is 1.87. The van der Waals surface area contributed by atoms with Crippen LogP contribution < -0.4 is 0 Å². The summed E-state index contributed by atoms with van der Waals surface area (Å²) in [4.78, 5) is 14.6. The van der Waals surface area contributed by atoms with E-state index in [1.807, 2.05) is 33.2 Å². The van der Waals surface area contributed by atoms with Crippen molar-refractivity contribution in [2.75, 3.05) is 13.1 Å². The van der Waals surface area contributed by atoms with Gasteiger partial charge in [0.05, 0.1) is 17.7 Å². The van der Waals surface area contributed by atoms with Gasteiger partial charge < -0.3 is 0 Å². The molecule has 1 aliphatic heterocycles. The minimum absolute atomic E-state index is 0.262. The van der Waals surface area contributed by atoms with Gasteiger partial charge in [-0.05, 0) is 45.8 Å². The quantitative estimate of drug-likeness (QED) is 0.792. The monoisotopic (exact) mass is 235 g/mol. The van der Waals surface area contributed by atoms with Crippen LogP contribution in [-0.4, -0.2) is 39.1 Å². The number of hydrogen-bond acceptors (Lipinski definition) is 3. The van der Waals surface area contributed by atoms with Crippen molar-refractivity contribution >= 4 is 5.78 Å². The number of nitrogens with zero attached hydrogens (tertiary/aromatic N) is 3. The van der Waals surface area contributed by atoms with E-state index in [4.69, 9.17) is 0 Å². The second kappa shape index (κ2) is 4.61. The van der Waals surface area contributed by atoms with E-state index in [-0.39, 0.29) is 11.3 Å². The largest absolute Gasteiger partial charge is 0.297 e. The molecule has 0 radical (unpaired) electrons. The van der Waals surface area contributed by atoms with Gasteiger partial charge in [0, 0.05) is 13.2 Å². The predicted octanol–water partition coefficient (Wildman–Crippen LogP) is 1.41. The topological polar surface area (TPSA) is 38.1 Å². The second-order valence-electron chi connectivity index (χ2n) is 5.33. The molecule has 0 aliphatic carbocycles. The molecule has 4 nitrogen and oxygen atoms in total. The Hall–Kier alpha value is -1.16. The normalized spacial score (nSPS) is 17.6. The highest BCUT2D eigenvalue weighted by molar-refractivity contribution is 5.89. The first-order chi connectivity index (χ1) is 8.00. The fraction of sp³-hybridized carbons (Fsp3) is 0.692.